The van der Waals surface area contributed by atoms with Crippen LogP contribution in [0.2, 0.25) is 5.02 Å². The minimum Gasteiger partial charge on any atom is -0.490 e. The average molecular weight is 326 g/mol. The number of carbonyl (C=O) groups is 1. The van der Waals surface area contributed by atoms with E-state index in [2.05, 4.69) is 0 Å². The van der Waals surface area contributed by atoms with Crippen LogP contribution in [-0.4, -0.2) is 35.3 Å². The molecule has 0 saturated carbocycles. The SMILES string of the molecule is CC1CC(Oc2ccc(Cl)cc2)CCN1C(=O)OC(C)(C)C. The fourth-order valence-corrected chi connectivity index (χ4v) is 2.66. The summed E-state index contributed by atoms with van der Waals surface area (Å²) >= 11 is 5.87. The summed E-state index contributed by atoms with van der Waals surface area (Å²) in [5.41, 5.74) is -0.465. The number of likely N-dealkylation sites (tertiary alicyclic amines) is 1. The van der Waals surface area contributed by atoms with Crippen molar-refractivity contribution in [3.8, 4) is 5.75 Å². The van der Waals surface area contributed by atoms with Crippen LogP contribution < -0.4 is 4.74 Å². The summed E-state index contributed by atoms with van der Waals surface area (Å²) in [7, 11) is 0. The van der Waals surface area contributed by atoms with Gasteiger partial charge in [0.05, 0.1) is 0 Å². The van der Waals surface area contributed by atoms with Crippen molar-refractivity contribution in [2.75, 3.05) is 6.54 Å². The van der Waals surface area contributed by atoms with Crippen LogP contribution in [0.25, 0.3) is 0 Å². The molecule has 2 unspecified atom stereocenters. The topological polar surface area (TPSA) is 38.8 Å². The van der Waals surface area contributed by atoms with Crippen LogP contribution in [0.5, 0.6) is 5.75 Å². The van der Waals surface area contributed by atoms with Crippen LogP contribution in [-0.2, 0) is 4.74 Å². The average Bonchev–Trinajstić information content (AvgIpc) is 2.39. The molecular formula is C17H24ClNO3. The first-order chi connectivity index (χ1) is 10.2. The monoisotopic (exact) mass is 325 g/mol. The second-order valence-corrected chi connectivity index (χ2v) is 7.18. The maximum absolute atomic E-state index is 12.2. The second kappa shape index (κ2) is 6.78. The summed E-state index contributed by atoms with van der Waals surface area (Å²) < 4.78 is 11.4. The Morgan fingerprint density at radius 1 is 1.27 bits per heavy atom. The lowest BCUT2D eigenvalue weighted by Gasteiger charge is -2.38. The number of halogens is 1. The van der Waals surface area contributed by atoms with Crippen molar-refractivity contribution in [3.05, 3.63) is 29.3 Å². The molecule has 122 valence electrons. The number of hydrogen-bond donors (Lipinski definition) is 0. The Labute approximate surface area is 137 Å². The highest BCUT2D eigenvalue weighted by Crippen LogP contribution is 2.25. The number of benzene rings is 1. The van der Waals surface area contributed by atoms with E-state index in [1.807, 2.05) is 52.0 Å². The zero-order valence-corrected chi connectivity index (χ0v) is 14.4. The van der Waals surface area contributed by atoms with Gasteiger partial charge >= 0.3 is 6.09 Å². The van der Waals surface area contributed by atoms with Crippen LogP contribution in [0.3, 0.4) is 0 Å². The Balaban J connectivity index is 1.89. The van der Waals surface area contributed by atoms with Gasteiger partial charge < -0.3 is 14.4 Å². The lowest BCUT2D eigenvalue weighted by Crippen LogP contribution is -2.49. The second-order valence-electron chi connectivity index (χ2n) is 6.74. The largest absolute Gasteiger partial charge is 0.490 e. The summed E-state index contributed by atoms with van der Waals surface area (Å²) in [5.74, 6) is 0.812. The molecule has 1 aliphatic rings. The number of rotatable bonds is 2. The minimum absolute atomic E-state index is 0.0981. The third-order valence-electron chi connectivity index (χ3n) is 3.57. The molecule has 0 spiro atoms. The number of carbonyl (C=O) groups excluding carboxylic acids is 1. The zero-order chi connectivity index (χ0) is 16.3. The highest BCUT2D eigenvalue weighted by Gasteiger charge is 2.32. The Bertz CT molecular complexity index is 510. The van der Waals surface area contributed by atoms with Crippen molar-refractivity contribution in [1.29, 1.82) is 0 Å². The first-order valence-electron chi connectivity index (χ1n) is 7.66. The first-order valence-corrected chi connectivity index (χ1v) is 8.04. The summed E-state index contributed by atoms with van der Waals surface area (Å²) in [5, 5.41) is 0.695. The third kappa shape index (κ3) is 4.80. The first kappa shape index (κ1) is 16.9. The van der Waals surface area contributed by atoms with Gasteiger partial charge in [-0.2, -0.15) is 0 Å². The molecule has 1 amide bonds. The lowest BCUT2D eigenvalue weighted by atomic mass is 10.0. The molecule has 1 heterocycles. The molecule has 0 aliphatic carbocycles. The molecule has 1 fully saturated rings. The normalized spacial score (nSPS) is 22.3. The van der Waals surface area contributed by atoms with E-state index in [1.165, 1.54) is 0 Å². The molecule has 0 bridgehead atoms. The van der Waals surface area contributed by atoms with Crippen molar-refractivity contribution in [1.82, 2.24) is 4.90 Å². The van der Waals surface area contributed by atoms with E-state index in [-0.39, 0.29) is 18.2 Å². The summed E-state index contributed by atoms with van der Waals surface area (Å²) in [6, 6.07) is 7.47. The van der Waals surface area contributed by atoms with Gasteiger partial charge in [0.2, 0.25) is 0 Å². The fraction of sp³-hybridized carbons (Fsp3) is 0.588. The molecule has 1 aromatic carbocycles. The van der Waals surface area contributed by atoms with Gasteiger partial charge in [-0.1, -0.05) is 11.6 Å². The van der Waals surface area contributed by atoms with Gasteiger partial charge in [-0.15, -0.1) is 0 Å². The number of ether oxygens (including phenoxy) is 2. The van der Waals surface area contributed by atoms with Gasteiger partial charge in [-0.05, 0) is 52.0 Å². The van der Waals surface area contributed by atoms with Crippen LogP contribution in [0.1, 0.15) is 40.5 Å². The van der Waals surface area contributed by atoms with Gasteiger partial charge in [0.1, 0.15) is 17.5 Å². The lowest BCUT2D eigenvalue weighted by molar-refractivity contribution is -0.00102. The Hall–Kier alpha value is -1.42. The zero-order valence-electron chi connectivity index (χ0n) is 13.6. The summed E-state index contributed by atoms with van der Waals surface area (Å²) in [4.78, 5) is 14.0. The van der Waals surface area contributed by atoms with Crippen LogP contribution in [0.15, 0.2) is 24.3 Å². The van der Waals surface area contributed by atoms with Gasteiger partial charge in [0.25, 0.3) is 0 Å². The number of hydrogen-bond acceptors (Lipinski definition) is 3. The summed E-state index contributed by atoms with van der Waals surface area (Å²) in [6.45, 7) is 8.32. The quantitative estimate of drug-likeness (QED) is 0.803. The van der Waals surface area contributed by atoms with E-state index in [0.29, 0.717) is 11.6 Å². The molecule has 1 saturated heterocycles. The van der Waals surface area contributed by atoms with Crippen molar-refractivity contribution in [2.45, 2.75) is 58.3 Å². The molecule has 2 rings (SSSR count). The van der Waals surface area contributed by atoms with E-state index in [9.17, 15) is 4.79 Å². The van der Waals surface area contributed by atoms with Gasteiger partial charge in [-0.25, -0.2) is 4.79 Å². The maximum atomic E-state index is 12.2. The van der Waals surface area contributed by atoms with E-state index in [4.69, 9.17) is 21.1 Å². The van der Waals surface area contributed by atoms with Gasteiger partial charge in [0, 0.05) is 30.5 Å². The van der Waals surface area contributed by atoms with E-state index >= 15 is 0 Å². The molecule has 1 aliphatic heterocycles. The molecule has 5 heteroatoms. The maximum Gasteiger partial charge on any atom is 0.410 e. The van der Waals surface area contributed by atoms with Gasteiger partial charge in [-0.3, -0.25) is 0 Å². The highest BCUT2D eigenvalue weighted by atomic mass is 35.5. The highest BCUT2D eigenvalue weighted by molar-refractivity contribution is 6.30. The van der Waals surface area contributed by atoms with Crippen LogP contribution in [0, 0.1) is 0 Å². The van der Waals surface area contributed by atoms with Crippen molar-refractivity contribution in [3.63, 3.8) is 0 Å². The van der Waals surface area contributed by atoms with Gasteiger partial charge in [0.15, 0.2) is 0 Å². The van der Waals surface area contributed by atoms with E-state index in [0.717, 1.165) is 18.6 Å². The van der Waals surface area contributed by atoms with Crippen LogP contribution in [0.4, 0.5) is 4.79 Å². The molecule has 2 atom stereocenters. The molecule has 0 aromatic heterocycles. The van der Waals surface area contributed by atoms with Crippen molar-refractivity contribution >= 4 is 17.7 Å². The van der Waals surface area contributed by atoms with Crippen molar-refractivity contribution < 1.29 is 14.3 Å². The number of nitrogens with zero attached hydrogens (tertiary/aromatic N) is 1. The van der Waals surface area contributed by atoms with Crippen molar-refractivity contribution in [2.24, 2.45) is 0 Å². The Morgan fingerprint density at radius 2 is 1.91 bits per heavy atom. The predicted octanol–water partition coefficient (Wildman–Crippen LogP) is 4.51. The molecule has 22 heavy (non-hydrogen) atoms. The summed E-state index contributed by atoms with van der Waals surface area (Å²) in [6.07, 6.45) is 1.45. The predicted molar refractivity (Wildman–Crippen MR) is 87.5 cm³/mol. The molecule has 4 nitrogen and oxygen atoms in total. The number of amides is 1. The smallest absolute Gasteiger partial charge is 0.410 e. The standard InChI is InChI=1S/C17H24ClNO3/c1-12-11-15(21-14-7-5-13(18)6-8-14)9-10-19(12)16(20)22-17(2,3)4/h5-8,12,15H,9-11H2,1-4H3. The Kier molecular flexibility index (Phi) is 5.22. The van der Waals surface area contributed by atoms with E-state index in [1.54, 1.807) is 4.90 Å². The Morgan fingerprint density at radius 3 is 2.45 bits per heavy atom. The molecule has 0 N–H and O–H groups in total. The van der Waals surface area contributed by atoms with Crippen LogP contribution >= 0.6 is 11.6 Å². The molecular weight excluding hydrogens is 302 g/mol. The molecule has 1 aromatic rings. The third-order valence-corrected chi connectivity index (χ3v) is 3.82. The fourth-order valence-electron chi connectivity index (χ4n) is 2.53. The minimum atomic E-state index is -0.465. The number of piperidine rings is 1. The molecule has 0 radical (unpaired) electrons. The van der Waals surface area contributed by atoms with E-state index < -0.39 is 5.60 Å².